The van der Waals surface area contributed by atoms with Crippen LogP contribution in [0.3, 0.4) is 0 Å². The number of carbonyl (C=O) groups is 2. The Hall–Kier alpha value is -1.55. The van der Waals surface area contributed by atoms with Gasteiger partial charge in [-0.25, -0.2) is 0 Å². The molecule has 1 heterocycles. The summed E-state index contributed by atoms with van der Waals surface area (Å²) in [6.07, 6.45) is 4.23. The van der Waals surface area contributed by atoms with Crippen LogP contribution >= 0.6 is 11.6 Å². The first-order chi connectivity index (χ1) is 10.6. The Morgan fingerprint density at radius 3 is 2.73 bits per heavy atom. The molecule has 2 fully saturated rings. The highest BCUT2D eigenvalue weighted by Crippen LogP contribution is 2.43. The number of benzene rings is 1. The Morgan fingerprint density at radius 2 is 2.00 bits per heavy atom. The zero-order chi connectivity index (χ0) is 15.6. The molecule has 1 saturated heterocycles. The van der Waals surface area contributed by atoms with Crippen molar-refractivity contribution >= 4 is 23.4 Å². The maximum Gasteiger partial charge on any atom is 0.233 e. The molecule has 0 bridgehead atoms. The fourth-order valence-corrected chi connectivity index (χ4v) is 3.85. The van der Waals surface area contributed by atoms with E-state index in [1.54, 1.807) is 0 Å². The molecule has 22 heavy (non-hydrogen) atoms. The molecule has 1 aliphatic carbocycles. The van der Waals surface area contributed by atoms with Gasteiger partial charge in [0, 0.05) is 31.1 Å². The molecule has 0 spiro atoms. The number of rotatable bonds is 2. The predicted octanol–water partition coefficient (Wildman–Crippen LogP) is 2.50. The van der Waals surface area contributed by atoms with Gasteiger partial charge in [-0.1, -0.05) is 36.6 Å². The van der Waals surface area contributed by atoms with Crippen molar-refractivity contribution in [2.75, 3.05) is 19.6 Å². The van der Waals surface area contributed by atoms with Gasteiger partial charge in [-0.2, -0.15) is 0 Å². The highest BCUT2D eigenvalue weighted by Gasteiger charge is 2.45. The summed E-state index contributed by atoms with van der Waals surface area (Å²) in [6, 6.07) is 7.69. The zero-order valence-corrected chi connectivity index (χ0v) is 13.4. The van der Waals surface area contributed by atoms with E-state index in [1.807, 2.05) is 29.2 Å². The van der Waals surface area contributed by atoms with Crippen LogP contribution in [0.25, 0.3) is 0 Å². The van der Waals surface area contributed by atoms with Crippen LogP contribution in [0, 0.1) is 0 Å². The minimum Gasteiger partial charge on any atom is -0.354 e. The lowest BCUT2D eigenvalue weighted by atomic mass is 9.77. The van der Waals surface area contributed by atoms with E-state index in [9.17, 15) is 9.59 Å². The fraction of sp³-hybridized carbons (Fsp3) is 0.529. The number of hydrogen-bond donors (Lipinski definition) is 1. The minimum atomic E-state index is -0.460. The van der Waals surface area contributed by atoms with E-state index in [2.05, 4.69) is 5.32 Å². The molecular weight excluding hydrogens is 300 g/mol. The SMILES string of the molecule is O=C1CCN(C(=O)C2(c3cccc(Cl)c3)CCCC2)CCN1. The number of nitrogens with one attached hydrogen (secondary N) is 1. The van der Waals surface area contributed by atoms with Crippen LogP contribution in [-0.2, 0) is 15.0 Å². The van der Waals surface area contributed by atoms with Gasteiger partial charge in [-0.15, -0.1) is 0 Å². The van der Waals surface area contributed by atoms with Gasteiger partial charge in [0.2, 0.25) is 11.8 Å². The van der Waals surface area contributed by atoms with Crippen LogP contribution < -0.4 is 5.32 Å². The third kappa shape index (κ3) is 2.84. The number of carbonyl (C=O) groups excluding carboxylic acids is 2. The Morgan fingerprint density at radius 1 is 1.23 bits per heavy atom. The monoisotopic (exact) mass is 320 g/mol. The molecule has 1 saturated carbocycles. The Labute approximate surface area is 135 Å². The third-order valence-electron chi connectivity index (χ3n) is 4.84. The van der Waals surface area contributed by atoms with Crippen molar-refractivity contribution in [1.82, 2.24) is 10.2 Å². The first-order valence-corrected chi connectivity index (χ1v) is 8.32. The maximum absolute atomic E-state index is 13.2. The number of halogens is 1. The normalized spacial score (nSPS) is 21.3. The highest BCUT2D eigenvalue weighted by molar-refractivity contribution is 6.30. The molecule has 3 rings (SSSR count). The maximum atomic E-state index is 13.2. The zero-order valence-electron chi connectivity index (χ0n) is 12.6. The summed E-state index contributed by atoms with van der Waals surface area (Å²) in [5, 5.41) is 3.50. The fourth-order valence-electron chi connectivity index (χ4n) is 3.66. The van der Waals surface area contributed by atoms with Gasteiger partial charge in [0.1, 0.15) is 0 Å². The molecule has 5 heteroatoms. The van der Waals surface area contributed by atoms with Crippen LogP contribution in [0.15, 0.2) is 24.3 Å². The van der Waals surface area contributed by atoms with Crippen molar-refractivity contribution in [2.45, 2.75) is 37.5 Å². The summed E-state index contributed by atoms with van der Waals surface area (Å²) in [7, 11) is 0. The number of amides is 2. The molecule has 4 nitrogen and oxygen atoms in total. The quantitative estimate of drug-likeness (QED) is 0.910. The Balaban J connectivity index is 1.90. The topological polar surface area (TPSA) is 49.4 Å². The standard InChI is InChI=1S/C17H21ClN2O2/c18-14-5-3-4-13(12-14)17(7-1-2-8-17)16(22)20-10-6-15(21)19-9-11-20/h3-5,12H,1-2,6-11H2,(H,19,21). The molecule has 1 aromatic carbocycles. The van der Waals surface area contributed by atoms with Gasteiger partial charge in [-0.3, -0.25) is 9.59 Å². The van der Waals surface area contributed by atoms with Crippen LogP contribution in [-0.4, -0.2) is 36.3 Å². The Kier molecular flexibility index (Phi) is 4.39. The lowest BCUT2D eigenvalue weighted by Gasteiger charge is -2.34. The molecule has 0 radical (unpaired) electrons. The van der Waals surface area contributed by atoms with Gasteiger partial charge < -0.3 is 10.2 Å². The van der Waals surface area contributed by atoms with Crippen molar-refractivity contribution in [1.29, 1.82) is 0 Å². The molecule has 118 valence electrons. The van der Waals surface area contributed by atoms with Gasteiger partial charge in [0.15, 0.2) is 0 Å². The highest BCUT2D eigenvalue weighted by atomic mass is 35.5. The average molecular weight is 321 g/mol. The molecule has 1 aliphatic heterocycles. The van der Waals surface area contributed by atoms with E-state index in [1.165, 1.54) is 0 Å². The third-order valence-corrected chi connectivity index (χ3v) is 5.08. The van der Waals surface area contributed by atoms with Crippen molar-refractivity contribution in [3.05, 3.63) is 34.9 Å². The molecule has 1 aromatic rings. The summed E-state index contributed by atoms with van der Waals surface area (Å²) in [5.41, 5.74) is 0.559. The summed E-state index contributed by atoms with van der Waals surface area (Å²) in [5.74, 6) is 0.183. The second-order valence-corrected chi connectivity index (χ2v) is 6.63. The van der Waals surface area contributed by atoms with Gasteiger partial charge in [-0.05, 0) is 30.5 Å². The van der Waals surface area contributed by atoms with Crippen molar-refractivity contribution < 1.29 is 9.59 Å². The van der Waals surface area contributed by atoms with Crippen LogP contribution in [0.5, 0.6) is 0 Å². The van der Waals surface area contributed by atoms with Crippen LogP contribution in [0.1, 0.15) is 37.7 Å². The van der Waals surface area contributed by atoms with Gasteiger partial charge in [0.25, 0.3) is 0 Å². The first kappa shape index (κ1) is 15.3. The first-order valence-electron chi connectivity index (χ1n) is 7.94. The Bertz CT molecular complexity index is 582. The molecule has 0 unspecified atom stereocenters. The summed E-state index contributed by atoms with van der Waals surface area (Å²) < 4.78 is 0. The van der Waals surface area contributed by atoms with E-state index < -0.39 is 5.41 Å². The molecule has 2 aliphatic rings. The van der Waals surface area contributed by atoms with Crippen molar-refractivity contribution in [2.24, 2.45) is 0 Å². The van der Waals surface area contributed by atoms with E-state index in [4.69, 9.17) is 11.6 Å². The summed E-state index contributed by atoms with van der Waals surface area (Å²) in [6.45, 7) is 1.63. The van der Waals surface area contributed by atoms with Crippen molar-refractivity contribution in [3.63, 3.8) is 0 Å². The molecule has 2 amide bonds. The number of hydrogen-bond acceptors (Lipinski definition) is 2. The lowest BCUT2D eigenvalue weighted by molar-refractivity contribution is -0.137. The average Bonchev–Trinajstić information content (AvgIpc) is 2.91. The molecule has 0 atom stereocenters. The van der Waals surface area contributed by atoms with E-state index in [0.717, 1.165) is 31.2 Å². The van der Waals surface area contributed by atoms with Gasteiger partial charge >= 0.3 is 0 Å². The van der Waals surface area contributed by atoms with E-state index >= 15 is 0 Å². The summed E-state index contributed by atoms with van der Waals surface area (Å²) in [4.78, 5) is 26.6. The second-order valence-electron chi connectivity index (χ2n) is 6.19. The van der Waals surface area contributed by atoms with Crippen molar-refractivity contribution in [3.8, 4) is 0 Å². The predicted molar refractivity (Wildman–Crippen MR) is 85.8 cm³/mol. The minimum absolute atomic E-state index is 0.0264. The number of nitrogens with zero attached hydrogens (tertiary/aromatic N) is 1. The molecular formula is C17H21ClN2O2. The van der Waals surface area contributed by atoms with E-state index in [-0.39, 0.29) is 11.8 Å². The van der Waals surface area contributed by atoms with Crippen LogP contribution in [0.4, 0.5) is 0 Å². The second kappa shape index (κ2) is 6.29. The van der Waals surface area contributed by atoms with Gasteiger partial charge in [0.05, 0.1) is 5.41 Å². The smallest absolute Gasteiger partial charge is 0.233 e. The van der Waals surface area contributed by atoms with E-state index in [0.29, 0.717) is 31.1 Å². The molecule has 1 N–H and O–H groups in total. The lowest BCUT2D eigenvalue weighted by Crippen LogP contribution is -2.46. The summed E-state index contributed by atoms with van der Waals surface area (Å²) >= 11 is 6.14. The molecule has 0 aromatic heterocycles. The largest absolute Gasteiger partial charge is 0.354 e. The van der Waals surface area contributed by atoms with Crippen LogP contribution in [0.2, 0.25) is 5.02 Å².